The summed E-state index contributed by atoms with van der Waals surface area (Å²) in [6, 6.07) is 11.8. The molecule has 150 valence electrons. The number of hydrogen-bond donors (Lipinski definition) is 2. The summed E-state index contributed by atoms with van der Waals surface area (Å²) in [5.41, 5.74) is 2.09. The molecule has 0 atom stereocenters. The van der Waals surface area contributed by atoms with Crippen LogP contribution in [-0.2, 0) is 14.4 Å². The SMILES string of the molecule is COc1cc(NC2=C(c3ccc(NC(C)=O)cc3)C(=O)N(C)C2=O)cc(OC)c1. The van der Waals surface area contributed by atoms with Crippen LogP contribution in [0.25, 0.3) is 5.57 Å². The van der Waals surface area contributed by atoms with Crippen LogP contribution in [0.3, 0.4) is 0 Å². The van der Waals surface area contributed by atoms with Crippen LogP contribution in [0.1, 0.15) is 12.5 Å². The van der Waals surface area contributed by atoms with Gasteiger partial charge in [-0.1, -0.05) is 12.1 Å². The molecule has 3 rings (SSSR count). The highest BCUT2D eigenvalue weighted by Gasteiger charge is 2.36. The molecular formula is C21H21N3O5. The maximum absolute atomic E-state index is 12.7. The number of nitrogens with one attached hydrogen (secondary N) is 2. The van der Waals surface area contributed by atoms with Crippen molar-refractivity contribution < 1.29 is 23.9 Å². The summed E-state index contributed by atoms with van der Waals surface area (Å²) >= 11 is 0. The lowest BCUT2D eigenvalue weighted by molar-refractivity contribution is -0.135. The maximum Gasteiger partial charge on any atom is 0.277 e. The van der Waals surface area contributed by atoms with E-state index in [4.69, 9.17) is 9.47 Å². The minimum Gasteiger partial charge on any atom is -0.497 e. The second-order valence-electron chi connectivity index (χ2n) is 6.40. The number of hydrogen-bond acceptors (Lipinski definition) is 6. The summed E-state index contributed by atoms with van der Waals surface area (Å²) in [4.78, 5) is 37.7. The van der Waals surface area contributed by atoms with E-state index in [1.54, 1.807) is 42.5 Å². The van der Waals surface area contributed by atoms with Gasteiger partial charge in [-0.2, -0.15) is 0 Å². The third-order valence-corrected chi connectivity index (χ3v) is 4.40. The Hall–Kier alpha value is -3.81. The number of carbonyl (C=O) groups is 3. The average Bonchev–Trinajstić information content (AvgIpc) is 2.91. The van der Waals surface area contributed by atoms with Crippen LogP contribution < -0.4 is 20.1 Å². The van der Waals surface area contributed by atoms with Gasteiger partial charge in [-0.15, -0.1) is 0 Å². The number of rotatable bonds is 6. The Bertz CT molecular complexity index is 989. The summed E-state index contributed by atoms with van der Waals surface area (Å²) in [6.07, 6.45) is 0. The van der Waals surface area contributed by atoms with Crippen molar-refractivity contribution in [2.24, 2.45) is 0 Å². The molecule has 8 heteroatoms. The lowest BCUT2D eigenvalue weighted by Crippen LogP contribution is -2.27. The van der Waals surface area contributed by atoms with Gasteiger partial charge in [-0.05, 0) is 17.7 Å². The highest BCUT2D eigenvalue weighted by atomic mass is 16.5. The average molecular weight is 395 g/mol. The second kappa shape index (κ2) is 8.05. The molecular weight excluding hydrogens is 374 g/mol. The van der Waals surface area contributed by atoms with Gasteiger partial charge in [0.2, 0.25) is 5.91 Å². The van der Waals surface area contributed by atoms with E-state index in [1.165, 1.54) is 28.2 Å². The van der Waals surface area contributed by atoms with Gasteiger partial charge in [0.25, 0.3) is 11.8 Å². The van der Waals surface area contributed by atoms with Crippen molar-refractivity contribution in [2.45, 2.75) is 6.92 Å². The second-order valence-corrected chi connectivity index (χ2v) is 6.40. The van der Waals surface area contributed by atoms with Crippen molar-refractivity contribution in [1.29, 1.82) is 0 Å². The van der Waals surface area contributed by atoms with Crippen LogP contribution in [0.5, 0.6) is 11.5 Å². The molecule has 0 bridgehead atoms. The van der Waals surface area contributed by atoms with Gasteiger partial charge in [-0.3, -0.25) is 19.3 Å². The first-order valence-corrected chi connectivity index (χ1v) is 8.78. The number of anilines is 2. The fraction of sp³-hybridized carbons (Fsp3) is 0.190. The van der Waals surface area contributed by atoms with Crippen molar-refractivity contribution in [3.63, 3.8) is 0 Å². The molecule has 0 aliphatic carbocycles. The van der Waals surface area contributed by atoms with Crippen LogP contribution >= 0.6 is 0 Å². The van der Waals surface area contributed by atoms with Crippen molar-refractivity contribution in [2.75, 3.05) is 31.9 Å². The van der Waals surface area contributed by atoms with E-state index < -0.39 is 11.8 Å². The Balaban J connectivity index is 2.03. The van der Waals surface area contributed by atoms with Crippen LogP contribution in [-0.4, -0.2) is 43.9 Å². The van der Waals surface area contributed by atoms with Gasteiger partial charge in [0.1, 0.15) is 17.2 Å². The molecule has 3 amide bonds. The molecule has 0 spiro atoms. The Morgan fingerprint density at radius 1 is 0.897 bits per heavy atom. The van der Waals surface area contributed by atoms with E-state index in [2.05, 4.69) is 10.6 Å². The van der Waals surface area contributed by atoms with Crippen molar-refractivity contribution in [3.8, 4) is 11.5 Å². The molecule has 0 unspecified atom stereocenters. The normalized spacial score (nSPS) is 13.6. The Labute approximate surface area is 168 Å². The number of ether oxygens (including phenoxy) is 2. The van der Waals surface area contributed by atoms with E-state index in [1.807, 2.05) is 0 Å². The van der Waals surface area contributed by atoms with E-state index in [-0.39, 0.29) is 17.2 Å². The largest absolute Gasteiger partial charge is 0.497 e. The highest BCUT2D eigenvalue weighted by Crippen LogP contribution is 2.32. The van der Waals surface area contributed by atoms with E-state index in [0.717, 1.165) is 4.90 Å². The molecule has 1 aliphatic rings. The molecule has 1 aliphatic heterocycles. The topological polar surface area (TPSA) is 97.0 Å². The van der Waals surface area contributed by atoms with Crippen LogP contribution in [0.2, 0.25) is 0 Å². The van der Waals surface area contributed by atoms with Crippen molar-refractivity contribution >= 4 is 34.7 Å². The number of carbonyl (C=O) groups excluding carboxylic acids is 3. The van der Waals surface area contributed by atoms with Gasteiger partial charge in [-0.25, -0.2) is 0 Å². The third kappa shape index (κ3) is 4.06. The lowest BCUT2D eigenvalue weighted by atomic mass is 10.0. The Morgan fingerprint density at radius 2 is 1.48 bits per heavy atom. The van der Waals surface area contributed by atoms with Crippen LogP contribution in [0.15, 0.2) is 48.2 Å². The monoisotopic (exact) mass is 395 g/mol. The minimum absolute atomic E-state index is 0.153. The quantitative estimate of drug-likeness (QED) is 0.730. The molecule has 0 aromatic heterocycles. The standard InChI is InChI=1S/C21H21N3O5/c1-12(25)22-14-7-5-13(6-8-14)18-19(21(27)24(2)20(18)26)23-15-9-16(28-3)11-17(10-15)29-4/h5-11,23H,1-4H3,(H,22,25). The lowest BCUT2D eigenvalue weighted by Gasteiger charge is -2.12. The molecule has 2 N–H and O–H groups in total. The van der Waals surface area contributed by atoms with Crippen molar-refractivity contribution in [3.05, 3.63) is 53.7 Å². The molecule has 0 fully saturated rings. The number of likely N-dealkylation sites (N-methyl/N-ethyl adjacent to an activating group) is 1. The van der Waals surface area contributed by atoms with Gasteiger partial charge >= 0.3 is 0 Å². The van der Waals surface area contributed by atoms with E-state index >= 15 is 0 Å². The zero-order chi connectivity index (χ0) is 21.1. The van der Waals surface area contributed by atoms with Gasteiger partial charge in [0, 0.05) is 43.5 Å². The molecule has 2 aromatic rings. The van der Waals surface area contributed by atoms with E-state index in [9.17, 15) is 14.4 Å². The van der Waals surface area contributed by atoms with Crippen LogP contribution in [0.4, 0.5) is 11.4 Å². The minimum atomic E-state index is -0.447. The van der Waals surface area contributed by atoms with Crippen molar-refractivity contribution in [1.82, 2.24) is 4.90 Å². The first-order chi connectivity index (χ1) is 13.8. The first-order valence-electron chi connectivity index (χ1n) is 8.78. The van der Waals surface area contributed by atoms with Gasteiger partial charge in [0.15, 0.2) is 0 Å². The zero-order valence-electron chi connectivity index (χ0n) is 16.5. The number of amides is 3. The zero-order valence-corrected chi connectivity index (χ0v) is 16.5. The molecule has 0 radical (unpaired) electrons. The maximum atomic E-state index is 12.7. The summed E-state index contributed by atoms with van der Waals surface area (Å²) in [6.45, 7) is 1.41. The third-order valence-electron chi connectivity index (χ3n) is 4.40. The van der Waals surface area contributed by atoms with Gasteiger partial charge in [0.05, 0.1) is 19.8 Å². The summed E-state index contributed by atoms with van der Waals surface area (Å²) in [5, 5.41) is 5.70. The first kappa shape index (κ1) is 19.9. The summed E-state index contributed by atoms with van der Waals surface area (Å²) in [5.74, 6) is 0.0214. The predicted octanol–water partition coefficient (Wildman–Crippen LogP) is 2.48. The number of benzene rings is 2. The fourth-order valence-electron chi connectivity index (χ4n) is 2.97. The van der Waals surface area contributed by atoms with Gasteiger partial charge < -0.3 is 20.1 Å². The fourth-order valence-corrected chi connectivity index (χ4v) is 2.97. The molecule has 1 heterocycles. The van der Waals surface area contributed by atoms with Crippen LogP contribution in [0, 0.1) is 0 Å². The summed E-state index contributed by atoms with van der Waals surface area (Å²) < 4.78 is 10.5. The Kier molecular flexibility index (Phi) is 5.54. The molecule has 0 saturated heterocycles. The predicted molar refractivity (Wildman–Crippen MR) is 109 cm³/mol. The summed E-state index contributed by atoms with van der Waals surface area (Å²) in [7, 11) is 4.48. The molecule has 0 saturated carbocycles. The number of nitrogens with zero attached hydrogens (tertiary/aromatic N) is 1. The highest BCUT2D eigenvalue weighted by molar-refractivity contribution is 6.36. The molecule has 29 heavy (non-hydrogen) atoms. The molecule has 2 aromatic carbocycles. The number of imide groups is 1. The Morgan fingerprint density at radius 3 is 2.00 bits per heavy atom. The van der Waals surface area contributed by atoms with E-state index in [0.29, 0.717) is 28.4 Å². The number of methoxy groups -OCH3 is 2. The molecule has 8 nitrogen and oxygen atoms in total. The smallest absolute Gasteiger partial charge is 0.277 e.